The first-order valence-electron chi connectivity index (χ1n) is 2.11. The maximum atomic E-state index is 4.81. The largest absolute Gasteiger partial charge is 0.269 e. The van der Waals surface area contributed by atoms with E-state index in [-0.39, 0.29) is 23.5 Å². The normalized spacial score (nSPS) is 5.00. The van der Waals surface area contributed by atoms with Gasteiger partial charge in [-0.15, -0.1) is 0 Å². The van der Waals surface area contributed by atoms with Gasteiger partial charge < -0.3 is 0 Å². The zero-order valence-electron chi connectivity index (χ0n) is 5.84. The summed E-state index contributed by atoms with van der Waals surface area (Å²) in [5, 5.41) is 0. The van der Waals surface area contributed by atoms with Crippen molar-refractivity contribution in [1.29, 1.82) is 0 Å². The summed E-state index contributed by atoms with van der Waals surface area (Å²) in [6.45, 7) is 0. The van der Waals surface area contributed by atoms with Crippen molar-refractivity contribution in [1.82, 2.24) is 0 Å². The van der Waals surface area contributed by atoms with E-state index in [2.05, 4.69) is 0 Å². The molecule has 75 valence electrons. The van der Waals surface area contributed by atoms with Crippen LogP contribution in [0.3, 0.4) is 0 Å². The quantitative estimate of drug-likeness (QED) is 0.576. The molecule has 12 heavy (non-hydrogen) atoms. The van der Waals surface area contributed by atoms with Crippen LogP contribution >= 0.6 is 12.6 Å². The molecule has 0 aliphatic rings. The smallest absolute Gasteiger partial charge is 0.0377 e. The molecule has 1 rings (SSSR count). The van der Waals surface area contributed by atoms with Crippen molar-refractivity contribution in [2.24, 2.45) is 0 Å². The van der Waals surface area contributed by atoms with Gasteiger partial charge in [-0.25, -0.2) is 0 Å². The first kappa shape index (κ1) is 30.4. The van der Waals surface area contributed by atoms with Crippen molar-refractivity contribution >= 4 is 12.6 Å². The van der Waals surface area contributed by atoms with Crippen molar-refractivity contribution in [2.45, 2.75) is 4.90 Å². The van der Waals surface area contributed by atoms with E-state index in [1.54, 1.807) is 0 Å². The van der Waals surface area contributed by atoms with Crippen molar-refractivity contribution in [3.63, 3.8) is 0 Å². The Kier molecular flexibility index (Phi) is 42.1. The lowest BCUT2D eigenvalue weighted by Crippen LogP contribution is -1.56. The molecule has 1 radical (unpaired) electrons. The molecule has 0 aliphatic carbocycles. The zero-order valence-corrected chi connectivity index (χ0v) is 6.65. The van der Waals surface area contributed by atoms with E-state index in [1.165, 1.54) is 0 Å². The van der Waals surface area contributed by atoms with Crippen LogP contribution in [0.5, 0.6) is 0 Å². The van der Waals surface area contributed by atoms with Crippen molar-refractivity contribution in [3.8, 4) is 0 Å². The fraction of sp³-hybridized carbons (Fsp3) is 0. The van der Waals surface area contributed by atoms with E-state index in [0.717, 1.165) is 4.90 Å². The van der Waals surface area contributed by atoms with Crippen LogP contribution < -0.4 is 0 Å². The Bertz CT molecular complexity index is 146. The van der Waals surface area contributed by atoms with Gasteiger partial charge in [-0.05, 0) is 12.1 Å². The van der Waals surface area contributed by atoms with Gasteiger partial charge in [0.15, 0.2) is 0 Å². The van der Waals surface area contributed by atoms with Gasteiger partial charge in [0, 0.05) is 4.90 Å². The van der Waals surface area contributed by atoms with Crippen LogP contribution in [-0.2, 0) is 0 Å². The Labute approximate surface area is 72.2 Å². The second kappa shape index (κ2) is 16.6. The predicted octanol–water partition coefficient (Wildman–Crippen LogP) is 3.01. The second-order valence-electron chi connectivity index (χ2n) is 1.31. The summed E-state index contributed by atoms with van der Waals surface area (Å²) < 4.78 is 0. The second-order valence-corrected chi connectivity index (χ2v) is 1.78. The lowest BCUT2D eigenvalue weighted by molar-refractivity contribution is 1.11. The van der Waals surface area contributed by atoms with Gasteiger partial charge >= 0.3 is 0 Å². The lowest BCUT2D eigenvalue weighted by Gasteiger charge is -1.80. The zero-order chi connectivity index (χ0) is 5.11. The Morgan fingerprint density at radius 2 is 1.00 bits per heavy atom. The number of hydrogen-bond acceptors (Lipinski definition) is 0. The van der Waals surface area contributed by atoms with Crippen LogP contribution in [0.1, 0.15) is 0 Å². The van der Waals surface area contributed by atoms with Crippen LogP contribution in [0.4, 0.5) is 23.5 Å². The van der Waals surface area contributed by atoms with Crippen molar-refractivity contribution < 1.29 is 23.5 Å². The summed E-state index contributed by atoms with van der Waals surface area (Å²) in [6, 6.07) is 9.62. The van der Waals surface area contributed by atoms with Gasteiger partial charge in [-0.1, -0.05) is 30.8 Å². The fourth-order valence-corrected chi connectivity index (χ4v) is 0.578. The Morgan fingerprint density at radius 1 is 0.667 bits per heavy atom. The highest BCUT2D eigenvalue weighted by molar-refractivity contribution is 7.80. The average Bonchev–Trinajstić information content (AvgIpc) is 1.69. The molecule has 0 fully saturated rings. The van der Waals surface area contributed by atoms with Gasteiger partial charge in [-0.3, -0.25) is 23.5 Å². The molecule has 0 N–H and O–H groups in total. The molecule has 0 unspecified atom stereocenters. The third-order valence-corrected chi connectivity index (χ3v) is 1.02. The highest BCUT2D eigenvalue weighted by Gasteiger charge is 1.74. The Balaban J connectivity index is -0.0000000327. The summed E-state index contributed by atoms with van der Waals surface area (Å²) in [7, 11) is 0. The topological polar surface area (TPSA) is 0 Å². The Hall–Kier alpha value is -0.910. The summed E-state index contributed by atoms with van der Waals surface area (Å²) in [4.78, 5) is 0.905. The third-order valence-electron chi connectivity index (χ3n) is 0.743. The predicted molar refractivity (Wildman–Crippen MR) is 44.8 cm³/mol. The molecule has 0 aromatic heterocycles. The number of rotatable bonds is 0. The van der Waals surface area contributed by atoms with Crippen LogP contribution in [0.2, 0.25) is 0 Å². The lowest BCUT2D eigenvalue weighted by atomic mass is 10.4. The maximum absolute atomic E-state index is 4.81. The minimum atomic E-state index is 0. The molecule has 1 aromatic carbocycles. The summed E-state index contributed by atoms with van der Waals surface area (Å²) >= 11 is 4.81. The molecular weight excluding hydrogens is 199 g/mol. The molecule has 0 aliphatic heterocycles. The molecule has 0 saturated carbocycles. The highest BCUT2D eigenvalue weighted by Crippen LogP contribution is 2.00. The van der Waals surface area contributed by atoms with Crippen LogP contribution in [0.25, 0.3) is 0 Å². The minimum Gasteiger partial charge on any atom is -0.269 e. The van der Waals surface area contributed by atoms with E-state index in [0.29, 0.717) is 0 Å². The SMILES string of the molecule is F.F.F.F.F.[S]c1ccccc1. The molecule has 1 aromatic rings. The standard InChI is InChI=1S/C6H5S.5FH/c7-6-4-2-1-3-5-6;;;;;/h1-5H;5*1H. The molecule has 0 nitrogen and oxygen atoms in total. The number of hydrogen-bond donors (Lipinski definition) is 0. The van der Waals surface area contributed by atoms with E-state index in [1.807, 2.05) is 30.3 Å². The average molecular weight is 209 g/mol. The van der Waals surface area contributed by atoms with Crippen LogP contribution in [0.15, 0.2) is 35.2 Å². The first-order valence-corrected chi connectivity index (χ1v) is 2.52. The van der Waals surface area contributed by atoms with E-state index < -0.39 is 0 Å². The van der Waals surface area contributed by atoms with Crippen molar-refractivity contribution in [2.75, 3.05) is 0 Å². The molecule has 6 heteroatoms. The maximum Gasteiger partial charge on any atom is 0.0377 e. The van der Waals surface area contributed by atoms with Crippen LogP contribution in [-0.4, -0.2) is 0 Å². The Morgan fingerprint density at radius 3 is 1.17 bits per heavy atom. The summed E-state index contributed by atoms with van der Waals surface area (Å²) in [5.41, 5.74) is 0. The molecule has 0 heterocycles. The van der Waals surface area contributed by atoms with Gasteiger partial charge in [0.2, 0.25) is 0 Å². The van der Waals surface area contributed by atoms with Gasteiger partial charge in [0.05, 0.1) is 0 Å². The number of halogens is 5. The molecular formula is C6H10F5S. The van der Waals surface area contributed by atoms with E-state index >= 15 is 0 Å². The summed E-state index contributed by atoms with van der Waals surface area (Å²) in [6.07, 6.45) is 0. The highest BCUT2D eigenvalue weighted by atomic mass is 32.1. The monoisotopic (exact) mass is 209 g/mol. The molecule has 0 bridgehead atoms. The van der Waals surface area contributed by atoms with Gasteiger partial charge in [0.1, 0.15) is 0 Å². The molecule has 0 atom stereocenters. The molecule has 0 saturated heterocycles. The minimum absolute atomic E-state index is 0. The van der Waals surface area contributed by atoms with Gasteiger partial charge in [0.25, 0.3) is 0 Å². The molecule has 0 amide bonds. The van der Waals surface area contributed by atoms with Crippen molar-refractivity contribution in [3.05, 3.63) is 30.3 Å². The van der Waals surface area contributed by atoms with Gasteiger partial charge in [-0.2, -0.15) is 0 Å². The van der Waals surface area contributed by atoms with Crippen LogP contribution in [0, 0.1) is 0 Å². The van der Waals surface area contributed by atoms with E-state index in [4.69, 9.17) is 12.6 Å². The van der Waals surface area contributed by atoms with E-state index in [9.17, 15) is 0 Å². The molecule has 0 spiro atoms. The summed E-state index contributed by atoms with van der Waals surface area (Å²) in [5.74, 6) is 0. The first-order chi connectivity index (χ1) is 3.39. The number of benzene rings is 1. The third kappa shape index (κ3) is 11.8. The fourth-order valence-electron chi connectivity index (χ4n) is 0.420.